The van der Waals surface area contributed by atoms with E-state index in [0.29, 0.717) is 155 Å². The van der Waals surface area contributed by atoms with E-state index in [1.54, 1.807) is 4.68 Å². The van der Waals surface area contributed by atoms with Crippen molar-refractivity contribution in [1.82, 2.24) is 82.9 Å². The highest BCUT2D eigenvalue weighted by atomic mass is 16.2. The molecule has 0 aromatic carbocycles. The zero-order valence-electron chi connectivity index (χ0n) is 50.8. The SMILES string of the molecule is Cc1cn(CCCN(CCC(=O)NCCN(CCC(=O)NCCNC2CCCCC2)CCC(=O)NCCNC2CCCCC2)CCC(=O)NCCN(CCC(=O)NCCNC2CCCCC2)CCC(=O)NCCNC2CCCCC2)nn1. The fourth-order valence-corrected chi connectivity index (χ4v) is 11.9. The van der Waals surface area contributed by atoms with Gasteiger partial charge < -0.3 is 67.9 Å². The van der Waals surface area contributed by atoms with Crippen LogP contribution in [0, 0.1) is 6.92 Å². The van der Waals surface area contributed by atoms with Gasteiger partial charge in [-0.05, 0) is 71.3 Å². The van der Waals surface area contributed by atoms with E-state index >= 15 is 0 Å². The number of hydrogen-bond acceptors (Lipinski definition) is 15. The molecule has 0 saturated heterocycles. The van der Waals surface area contributed by atoms with E-state index in [1.807, 2.05) is 13.1 Å². The predicted molar refractivity (Wildman–Crippen MR) is 324 cm³/mol. The van der Waals surface area contributed by atoms with Crippen molar-refractivity contribution in [3.05, 3.63) is 11.9 Å². The van der Waals surface area contributed by atoms with E-state index in [4.69, 9.17) is 0 Å². The molecule has 0 spiro atoms. The first-order valence-electron chi connectivity index (χ1n) is 32.6. The molecule has 6 amide bonds. The lowest BCUT2D eigenvalue weighted by Crippen LogP contribution is -2.42. The van der Waals surface area contributed by atoms with Gasteiger partial charge in [-0.15, -0.1) is 5.10 Å². The summed E-state index contributed by atoms with van der Waals surface area (Å²) in [4.78, 5) is 84.9. The van der Waals surface area contributed by atoms with Gasteiger partial charge in [0.15, 0.2) is 0 Å². The molecule has 0 radical (unpaired) electrons. The molecule has 0 unspecified atom stereocenters. The Morgan fingerprint density at radius 1 is 0.378 bits per heavy atom. The van der Waals surface area contributed by atoms with Gasteiger partial charge in [0.2, 0.25) is 35.4 Å². The minimum absolute atomic E-state index is 0.0265. The summed E-state index contributed by atoms with van der Waals surface area (Å²) in [5.41, 5.74) is 0.839. The van der Waals surface area contributed by atoms with Crippen molar-refractivity contribution >= 4 is 35.4 Å². The summed E-state index contributed by atoms with van der Waals surface area (Å²) < 4.78 is 1.81. The molecule has 1 aromatic heterocycles. The van der Waals surface area contributed by atoms with Crippen LogP contribution in [0.4, 0.5) is 0 Å². The summed E-state index contributed by atoms with van der Waals surface area (Å²) in [7, 11) is 0. The molecular weight excluding hydrogens is 1040 g/mol. The first kappa shape index (κ1) is 68.5. The molecule has 4 fully saturated rings. The van der Waals surface area contributed by atoms with Crippen molar-refractivity contribution in [1.29, 1.82) is 0 Å². The van der Waals surface area contributed by atoms with Gasteiger partial charge in [-0.3, -0.25) is 33.4 Å². The lowest BCUT2D eigenvalue weighted by molar-refractivity contribution is -0.123. The minimum Gasteiger partial charge on any atom is -0.355 e. The number of nitrogens with one attached hydrogen (secondary N) is 10. The molecule has 1 aromatic rings. The second-order valence-electron chi connectivity index (χ2n) is 23.8. The molecule has 22 heteroatoms. The van der Waals surface area contributed by atoms with E-state index in [0.717, 1.165) is 38.3 Å². The quantitative estimate of drug-likeness (QED) is 0.0422. The smallest absolute Gasteiger partial charge is 0.221 e. The van der Waals surface area contributed by atoms with Crippen molar-refractivity contribution in [3.8, 4) is 0 Å². The van der Waals surface area contributed by atoms with Gasteiger partial charge in [0.25, 0.3) is 0 Å². The molecule has 1 heterocycles. The van der Waals surface area contributed by atoms with Crippen LogP contribution in [0.1, 0.15) is 179 Å². The molecule has 4 aliphatic rings. The second kappa shape index (κ2) is 43.3. The maximum atomic E-state index is 13.4. The van der Waals surface area contributed by atoms with Crippen molar-refractivity contribution in [2.75, 3.05) is 124 Å². The van der Waals surface area contributed by atoms with Crippen LogP contribution in [0.2, 0.25) is 0 Å². The first-order valence-corrected chi connectivity index (χ1v) is 32.6. The Labute approximate surface area is 492 Å². The van der Waals surface area contributed by atoms with Crippen molar-refractivity contribution in [2.45, 2.75) is 211 Å². The predicted octanol–water partition coefficient (Wildman–Crippen LogP) is 2.61. The zero-order valence-corrected chi connectivity index (χ0v) is 50.8. The van der Waals surface area contributed by atoms with Crippen molar-refractivity contribution in [3.63, 3.8) is 0 Å². The van der Waals surface area contributed by atoms with Gasteiger partial charge in [0, 0.05) is 193 Å². The van der Waals surface area contributed by atoms with Crippen LogP contribution in [0.3, 0.4) is 0 Å². The summed E-state index contributed by atoms with van der Waals surface area (Å²) in [5.74, 6) is -0.324. The van der Waals surface area contributed by atoms with Crippen LogP contribution in [-0.2, 0) is 35.3 Å². The standard InChI is InChI=1S/C60H112N16O6/c1-50-49-76(72-71-50)40-14-39-73(41-23-59(81)69-37-47-74(43-25-55(77)65-33-29-61-51-15-6-2-7-16-51)44-26-56(78)66-34-30-62-52-17-8-3-9-18-52)42-24-60(82)70-38-48-75(45-27-57(79)67-35-31-63-53-19-10-4-11-20-53)46-28-58(80)68-36-32-64-54-21-12-5-13-22-54/h49,51-54,61-64H,2-48H2,1H3,(H,65,77)(H,66,78)(H,67,79)(H,68,80)(H,69,81)(H,70,82). The van der Waals surface area contributed by atoms with Crippen LogP contribution in [0.5, 0.6) is 0 Å². The third-order valence-corrected chi connectivity index (χ3v) is 16.9. The average Bonchev–Trinajstić information content (AvgIpc) is 3.92. The molecule has 5 rings (SSSR count). The molecule has 4 saturated carbocycles. The molecular formula is C60H112N16O6. The average molecular weight is 1150 g/mol. The Morgan fingerprint density at radius 2 is 0.646 bits per heavy atom. The Kier molecular flexibility index (Phi) is 36.2. The van der Waals surface area contributed by atoms with Crippen LogP contribution in [0.15, 0.2) is 6.20 Å². The minimum atomic E-state index is -0.109. The largest absolute Gasteiger partial charge is 0.355 e. The molecule has 82 heavy (non-hydrogen) atoms. The third kappa shape index (κ3) is 33.2. The number of carbonyl (C=O) groups is 6. The van der Waals surface area contributed by atoms with E-state index in [2.05, 4.69) is 78.2 Å². The van der Waals surface area contributed by atoms with Gasteiger partial charge in [0.1, 0.15) is 0 Å². The van der Waals surface area contributed by atoms with Crippen molar-refractivity contribution < 1.29 is 28.8 Å². The fraction of sp³-hybridized carbons (Fsp3) is 0.867. The second-order valence-corrected chi connectivity index (χ2v) is 23.8. The van der Waals surface area contributed by atoms with E-state index in [1.165, 1.54) is 128 Å². The van der Waals surface area contributed by atoms with E-state index in [9.17, 15) is 28.8 Å². The molecule has 22 nitrogen and oxygen atoms in total. The summed E-state index contributed by atoms with van der Waals surface area (Å²) in [6, 6.07) is 2.14. The lowest BCUT2D eigenvalue weighted by Gasteiger charge is -2.24. The van der Waals surface area contributed by atoms with Gasteiger partial charge in [-0.25, -0.2) is 0 Å². The Hall–Kier alpha value is -4.32. The Morgan fingerprint density at radius 3 is 0.915 bits per heavy atom. The zero-order chi connectivity index (χ0) is 58.1. The molecule has 468 valence electrons. The van der Waals surface area contributed by atoms with Crippen LogP contribution >= 0.6 is 0 Å². The molecule has 0 bridgehead atoms. The monoisotopic (exact) mass is 1150 g/mol. The van der Waals surface area contributed by atoms with Gasteiger partial charge >= 0.3 is 0 Å². The number of amides is 6. The van der Waals surface area contributed by atoms with Crippen LogP contribution in [-0.4, -0.2) is 214 Å². The molecule has 4 aliphatic carbocycles. The normalized spacial score (nSPS) is 16.8. The third-order valence-electron chi connectivity index (χ3n) is 16.9. The van der Waals surface area contributed by atoms with Gasteiger partial charge in [0.05, 0.1) is 5.69 Å². The Bertz CT molecular complexity index is 1710. The highest BCUT2D eigenvalue weighted by molar-refractivity contribution is 5.78. The maximum Gasteiger partial charge on any atom is 0.221 e. The molecule has 10 N–H and O–H groups in total. The molecule has 0 atom stereocenters. The van der Waals surface area contributed by atoms with Gasteiger partial charge in [-0.2, -0.15) is 0 Å². The number of aryl methyl sites for hydroxylation is 2. The number of aromatic nitrogens is 3. The van der Waals surface area contributed by atoms with Crippen LogP contribution in [0.25, 0.3) is 0 Å². The van der Waals surface area contributed by atoms with E-state index in [-0.39, 0.29) is 48.3 Å². The van der Waals surface area contributed by atoms with Gasteiger partial charge in [-0.1, -0.05) is 82.3 Å². The van der Waals surface area contributed by atoms with E-state index < -0.39 is 0 Å². The summed E-state index contributed by atoms with van der Waals surface area (Å²) >= 11 is 0. The summed E-state index contributed by atoms with van der Waals surface area (Å²) in [6.45, 7) is 13.0. The fourth-order valence-electron chi connectivity index (χ4n) is 11.9. The van der Waals surface area contributed by atoms with Crippen molar-refractivity contribution in [2.24, 2.45) is 0 Å². The Balaban J connectivity index is 1.04. The number of rotatable bonds is 44. The lowest BCUT2D eigenvalue weighted by atomic mass is 9.95. The highest BCUT2D eigenvalue weighted by Crippen LogP contribution is 2.19. The summed E-state index contributed by atoms with van der Waals surface area (Å²) in [5, 5.41) is 41.0. The highest BCUT2D eigenvalue weighted by Gasteiger charge is 2.19. The number of nitrogens with zero attached hydrogens (tertiary/aromatic N) is 6. The molecule has 0 aliphatic heterocycles. The topological polar surface area (TPSA) is 263 Å². The number of hydrogen-bond donors (Lipinski definition) is 10. The maximum absolute atomic E-state index is 13.4. The number of carbonyl (C=O) groups excluding carboxylic acids is 6. The van der Waals surface area contributed by atoms with Crippen LogP contribution < -0.4 is 53.2 Å². The first-order chi connectivity index (χ1) is 40.1. The summed E-state index contributed by atoms with van der Waals surface area (Å²) in [6.07, 6.45) is 29.2.